The Morgan fingerprint density at radius 1 is 1.11 bits per heavy atom. The molecule has 1 atom stereocenters. The van der Waals surface area contributed by atoms with E-state index in [2.05, 4.69) is 31.4 Å². The molecule has 2 aliphatic rings. The van der Waals surface area contributed by atoms with Crippen LogP contribution < -0.4 is 10.2 Å². The molecule has 6 nitrogen and oxygen atoms in total. The zero-order valence-electron chi connectivity index (χ0n) is 14.6. The van der Waals surface area contributed by atoms with Crippen LogP contribution in [0.25, 0.3) is 0 Å². The Balaban J connectivity index is 1.73. The number of amidine groups is 1. The highest BCUT2D eigenvalue weighted by molar-refractivity contribution is 9.10. The molecular formula is C19H15BrN4O2S. The number of nitrogens with zero attached hydrogens (tertiary/aromatic N) is 3. The summed E-state index contributed by atoms with van der Waals surface area (Å²) in [5, 5.41) is 11.4. The maximum absolute atomic E-state index is 12.6. The minimum Gasteiger partial charge on any atom is -0.320 e. The van der Waals surface area contributed by atoms with Gasteiger partial charge in [0.25, 0.3) is 5.91 Å². The van der Waals surface area contributed by atoms with Crippen molar-refractivity contribution in [2.45, 2.75) is 19.1 Å². The largest absolute Gasteiger partial charge is 0.320 e. The van der Waals surface area contributed by atoms with Crippen molar-refractivity contribution in [2.24, 2.45) is 10.2 Å². The number of hydrogen-bond acceptors (Lipinski definition) is 5. The van der Waals surface area contributed by atoms with E-state index in [1.165, 1.54) is 11.8 Å². The third-order valence-electron chi connectivity index (χ3n) is 4.27. The molecule has 8 heteroatoms. The predicted octanol–water partition coefficient (Wildman–Crippen LogP) is 3.94. The lowest BCUT2D eigenvalue weighted by Crippen LogP contribution is -2.31. The predicted molar refractivity (Wildman–Crippen MR) is 112 cm³/mol. The third-order valence-corrected chi connectivity index (χ3v) is 5.79. The van der Waals surface area contributed by atoms with Gasteiger partial charge in [0.1, 0.15) is 0 Å². The molecule has 0 aliphatic carbocycles. The number of rotatable bonds is 2. The second-order valence-corrected chi connectivity index (χ2v) is 8.47. The lowest BCUT2D eigenvalue weighted by molar-refractivity contribution is -0.116. The highest BCUT2D eigenvalue weighted by Gasteiger charge is 2.36. The summed E-state index contributed by atoms with van der Waals surface area (Å²) >= 11 is 4.73. The SMILES string of the molecule is Cc1ccc(N2C(=O)C(C)S/C2=N/N=C2\C(=O)Nc3ccc(Br)cc32)cc1. The van der Waals surface area contributed by atoms with E-state index in [1.54, 1.807) is 4.90 Å². The van der Waals surface area contributed by atoms with Crippen LogP contribution in [0.1, 0.15) is 18.1 Å². The van der Waals surface area contributed by atoms with Crippen LogP contribution >= 0.6 is 27.7 Å². The van der Waals surface area contributed by atoms with Crippen molar-refractivity contribution in [3.63, 3.8) is 0 Å². The van der Waals surface area contributed by atoms with E-state index in [9.17, 15) is 9.59 Å². The first kappa shape index (κ1) is 17.9. The Labute approximate surface area is 168 Å². The first-order chi connectivity index (χ1) is 12.9. The molecule has 0 spiro atoms. The van der Waals surface area contributed by atoms with Gasteiger partial charge in [-0.05, 0) is 44.2 Å². The Bertz CT molecular complexity index is 1020. The molecule has 136 valence electrons. The molecule has 2 aromatic carbocycles. The lowest BCUT2D eigenvalue weighted by Gasteiger charge is -2.15. The molecule has 1 saturated heterocycles. The number of amides is 2. The average molecular weight is 443 g/mol. The summed E-state index contributed by atoms with van der Waals surface area (Å²) in [4.78, 5) is 26.4. The molecule has 0 aromatic heterocycles. The molecule has 27 heavy (non-hydrogen) atoms. The number of hydrogen-bond donors (Lipinski definition) is 1. The monoisotopic (exact) mass is 442 g/mol. The molecule has 2 heterocycles. The van der Waals surface area contributed by atoms with Gasteiger partial charge < -0.3 is 5.32 Å². The second kappa shape index (κ2) is 6.94. The zero-order chi connectivity index (χ0) is 19.1. The van der Waals surface area contributed by atoms with Crippen LogP contribution in [0.4, 0.5) is 11.4 Å². The number of fused-ring (bicyclic) bond motifs is 1. The van der Waals surface area contributed by atoms with Crippen molar-refractivity contribution >= 4 is 61.8 Å². The molecule has 0 saturated carbocycles. The van der Waals surface area contributed by atoms with Gasteiger partial charge in [-0.25, -0.2) is 0 Å². The van der Waals surface area contributed by atoms with Crippen molar-refractivity contribution in [2.75, 3.05) is 10.2 Å². The van der Waals surface area contributed by atoms with E-state index < -0.39 is 0 Å². The van der Waals surface area contributed by atoms with Crippen LogP contribution in [0.15, 0.2) is 57.1 Å². The van der Waals surface area contributed by atoms with E-state index in [0.717, 1.165) is 15.7 Å². The summed E-state index contributed by atoms with van der Waals surface area (Å²) in [5.41, 5.74) is 3.45. The van der Waals surface area contributed by atoms with Gasteiger partial charge in [0.2, 0.25) is 5.91 Å². The Morgan fingerprint density at radius 2 is 1.85 bits per heavy atom. The van der Waals surface area contributed by atoms with Crippen LogP contribution in [-0.4, -0.2) is 27.9 Å². The number of carbonyl (C=O) groups excluding carboxylic acids is 2. The third kappa shape index (κ3) is 3.30. The Hall–Kier alpha value is -2.45. The van der Waals surface area contributed by atoms with Gasteiger partial charge in [0.05, 0.1) is 16.6 Å². The van der Waals surface area contributed by atoms with E-state index in [1.807, 2.05) is 56.3 Å². The van der Waals surface area contributed by atoms with Gasteiger partial charge >= 0.3 is 0 Å². The van der Waals surface area contributed by atoms with Gasteiger partial charge in [0.15, 0.2) is 10.9 Å². The van der Waals surface area contributed by atoms with Crippen molar-refractivity contribution < 1.29 is 9.59 Å². The van der Waals surface area contributed by atoms with Crippen LogP contribution in [-0.2, 0) is 9.59 Å². The average Bonchev–Trinajstić information content (AvgIpc) is 3.10. The van der Waals surface area contributed by atoms with Crippen LogP contribution in [0.5, 0.6) is 0 Å². The standard InChI is InChI=1S/C19H15BrN4O2S/c1-10-3-6-13(7-4-10)24-18(26)11(2)27-19(24)23-22-16-14-9-12(20)5-8-15(14)21-17(16)25/h3-9,11H,1-2H3,(H,21,22,25)/b23-19+. The molecule has 2 aromatic rings. The molecule has 1 unspecified atom stereocenters. The maximum atomic E-state index is 12.6. The summed E-state index contributed by atoms with van der Waals surface area (Å²) in [6.45, 7) is 3.82. The van der Waals surface area contributed by atoms with Gasteiger partial charge in [-0.15, -0.1) is 10.2 Å². The van der Waals surface area contributed by atoms with Crippen molar-refractivity contribution in [3.8, 4) is 0 Å². The molecule has 0 radical (unpaired) electrons. The number of nitrogens with one attached hydrogen (secondary N) is 1. The highest BCUT2D eigenvalue weighted by Crippen LogP contribution is 2.32. The van der Waals surface area contributed by atoms with Crippen LogP contribution in [0.3, 0.4) is 0 Å². The summed E-state index contributed by atoms with van der Waals surface area (Å²) in [6, 6.07) is 13.1. The minimum absolute atomic E-state index is 0.0539. The molecule has 1 N–H and O–H groups in total. The normalized spacial score (nSPS) is 21.9. The van der Waals surface area contributed by atoms with E-state index in [-0.39, 0.29) is 22.8 Å². The molecule has 2 amide bonds. The fourth-order valence-electron chi connectivity index (χ4n) is 2.85. The lowest BCUT2D eigenvalue weighted by atomic mass is 10.1. The Kier molecular flexibility index (Phi) is 4.61. The summed E-state index contributed by atoms with van der Waals surface area (Å²) in [6.07, 6.45) is 0. The van der Waals surface area contributed by atoms with Crippen LogP contribution in [0.2, 0.25) is 0 Å². The summed E-state index contributed by atoms with van der Waals surface area (Å²) in [5.74, 6) is -0.362. The number of carbonyl (C=O) groups is 2. The smallest absolute Gasteiger partial charge is 0.276 e. The first-order valence-electron chi connectivity index (χ1n) is 8.28. The minimum atomic E-state index is -0.309. The first-order valence-corrected chi connectivity index (χ1v) is 9.95. The van der Waals surface area contributed by atoms with Crippen LogP contribution in [0, 0.1) is 6.92 Å². The van der Waals surface area contributed by atoms with Crippen molar-refractivity contribution in [3.05, 3.63) is 58.1 Å². The highest BCUT2D eigenvalue weighted by atomic mass is 79.9. The number of anilines is 2. The van der Waals surface area contributed by atoms with Gasteiger partial charge in [-0.2, -0.15) is 0 Å². The van der Waals surface area contributed by atoms with E-state index in [0.29, 0.717) is 16.4 Å². The Morgan fingerprint density at radius 3 is 2.59 bits per heavy atom. The quantitative estimate of drug-likeness (QED) is 0.715. The van der Waals surface area contributed by atoms with Gasteiger partial charge in [-0.3, -0.25) is 14.5 Å². The molecule has 4 rings (SSSR count). The zero-order valence-corrected chi connectivity index (χ0v) is 17.0. The topological polar surface area (TPSA) is 74.1 Å². The van der Waals surface area contributed by atoms with Gasteiger partial charge in [-0.1, -0.05) is 45.4 Å². The molecular weight excluding hydrogens is 428 g/mol. The van der Waals surface area contributed by atoms with Crippen molar-refractivity contribution in [1.82, 2.24) is 0 Å². The van der Waals surface area contributed by atoms with Crippen molar-refractivity contribution in [1.29, 1.82) is 0 Å². The fourth-order valence-corrected chi connectivity index (χ4v) is 4.13. The van der Waals surface area contributed by atoms with E-state index in [4.69, 9.17) is 0 Å². The summed E-state index contributed by atoms with van der Waals surface area (Å²) < 4.78 is 0.846. The number of halogens is 1. The number of benzene rings is 2. The van der Waals surface area contributed by atoms with E-state index >= 15 is 0 Å². The molecule has 1 fully saturated rings. The second-order valence-electron chi connectivity index (χ2n) is 6.24. The summed E-state index contributed by atoms with van der Waals surface area (Å²) in [7, 11) is 0. The number of aryl methyl sites for hydroxylation is 1. The van der Waals surface area contributed by atoms with Gasteiger partial charge in [0, 0.05) is 10.0 Å². The number of thioether (sulfide) groups is 1. The molecule has 0 bridgehead atoms. The molecule has 2 aliphatic heterocycles. The fraction of sp³-hybridized carbons (Fsp3) is 0.158. The maximum Gasteiger partial charge on any atom is 0.276 e.